The van der Waals surface area contributed by atoms with Gasteiger partial charge < -0.3 is 5.32 Å². The second kappa shape index (κ2) is 9.37. The van der Waals surface area contributed by atoms with Crippen LogP contribution < -0.4 is 5.32 Å². The Morgan fingerprint density at radius 2 is 1.71 bits per heavy atom. The number of hydrogen-bond acceptors (Lipinski definition) is 4. The molecule has 3 amide bonds. The first-order valence-corrected chi connectivity index (χ1v) is 9.98. The zero-order valence-corrected chi connectivity index (χ0v) is 16.4. The molecule has 28 heavy (non-hydrogen) atoms. The van der Waals surface area contributed by atoms with E-state index in [0.29, 0.717) is 11.3 Å². The Morgan fingerprint density at radius 1 is 1.07 bits per heavy atom. The van der Waals surface area contributed by atoms with Gasteiger partial charge in [-0.15, -0.1) is 0 Å². The topological polar surface area (TPSA) is 66.5 Å². The van der Waals surface area contributed by atoms with Crippen LogP contribution in [0.1, 0.15) is 30.4 Å². The van der Waals surface area contributed by atoms with Crippen molar-refractivity contribution < 1.29 is 14.4 Å². The minimum Gasteiger partial charge on any atom is -0.354 e. The number of thioether (sulfide) groups is 1. The van der Waals surface area contributed by atoms with Crippen molar-refractivity contribution in [2.45, 2.75) is 19.3 Å². The van der Waals surface area contributed by atoms with Crippen molar-refractivity contribution in [3.63, 3.8) is 0 Å². The lowest BCUT2D eigenvalue weighted by atomic mass is 9.98. The van der Waals surface area contributed by atoms with Crippen LogP contribution in [0.15, 0.2) is 65.6 Å². The van der Waals surface area contributed by atoms with Crippen molar-refractivity contribution in [1.82, 2.24) is 10.2 Å². The van der Waals surface area contributed by atoms with Crippen molar-refractivity contribution in [3.8, 4) is 0 Å². The van der Waals surface area contributed by atoms with Crippen molar-refractivity contribution in [2.75, 3.05) is 13.1 Å². The summed E-state index contributed by atoms with van der Waals surface area (Å²) in [5, 5.41) is 2.50. The summed E-state index contributed by atoms with van der Waals surface area (Å²) in [6, 6.07) is 19.2. The zero-order chi connectivity index (χ0) is 19.9. The highest BCUT2D eigenvalue weighted by molar-refractivity contribution is 8.18. The molecule has 3 rings (SSSR count). The second-order valence-electron chi connectivity index (χ2n) is 6.61. The maximum atomic E-state index is 12.5. The molecule has 1 fully saturated rings. The lowest BCUT2D eigenvalue weighted by Crippen LogP contribution is -2.37. The second-order valence-corrected chi connectivity index (χ2v) is 7.60. The molecular formula is C22H22N2O3S. The van der Waals surface area contributed by atoms with Crippen LogP contribution >= 0.6 is 11.8 Å². The van der Waals surface area contributed by atoms with Crippen LogP contribution in [0.2, 0.25) is 0 Å². The number of carbonyl (C=O) groups is 3. The number of benzene rings is 2. The molecule has 0 aliphatic carbocycles. The third-order valence-corrected chi connectivity index (χ3v) is 5.40. The third-order valence-electron chi connectivity index (χ3n) is 4.49. The van der Waals surface area contributed by atoms with Crippen LogP contribution in [-0.4, -0.2) is 35.0 Å². The van der Waals surface area contributed by atoms with Crippen molar-refractivity contribution in [2.24, 2.45) is 0 Å². The summed E-state index contributed by atoms with van der Waals surface area (Å²) >= 11 is 0.929. The summed E-state index contributed by atoms with van der Waals surface area (Å²) in [6.45, 7) is 2.42. The lowest BCUT2D eigenvalue weighted by molar-refractivity contribution is -0.124. The molecule has 2 aromatic carbocycles. The molecule has 2 aromatic rings. The molecule has 1 N–H and O–H groups in total. The molecule has 1 aliphatic heterocycles. The van der Waals surface area contributed by atoms with E-state index in [9.17, 15) is 14.4 Å². The van der Waals surface area contributed by atoms with Gasteiger partial charge >= 0.3 is 0 Å². The monoisotopic (exact) mass is 394 g/mol. The van der Waals surface area contributed by atoms with Gasteiger partial charge in [0.15, 0.2) is 0 Å². The first-order valence-electron chi connectivity index (χ1n) is 9.16. The standard InChI is InChI=1S/C22H22N2O3S/c1-16(18-10-6-3-7-11-18)14-20(25)23-12-13-24-21(26)19(28-22(24)27)15-17-8-4-2-5-9-17/h2-11,15-16H,12-14H2,1H3,(H,23,25)/b19-15+. The quantitative estimate of drug-likeness (QED) is 0.720. The predicted octanol–water partition coefficient (Wildman–Crippen LogP) is 4.03. The molecule has 1 atom stereocenters. The summed E-state index contributed by atoms with van der Waals surface area (Å²) in [7, 11) is 0. The maximum absolute atomic E-state index is 12.5. The summed E-state index contributed by atoms with van der Waals surface area (Å²) in [6.07, 6.45) is 2.07. The number of imide groups is 1. The average molecular weight is 394 g/mol. The van der Waals surface area contributed by atoms with E-state index in [2.05, 4.69) is 5.32 Å². The van der Waals surface area contributed by atoms with Gasteiger partial charge in [-0.2, -0.15) is 0 Å². The number of nitrogens with zero attached hydrogens (tertiary/aromatic N) is 1. The number of rotatable bonds is 7. The molecule has 0 saturated carbocycles. The zero-order valence-electron chi connectivity index (χ0n) is 15.6. The predicted molar refractivity (Wildman–Crippen MR) is 112 cm³/mol. The largest absolute Gasteiger partial charge is 0.354 e. The summed E-state index contributed by atoms with van der Waals surface area (Å²) < 4.78 is 0. The lowest BCUT2D eigenvalue weighted by Gasteiger charge is -2.15. The van der Waals surface area contributed by atoms with Gasteiger partial charge in [-0.25, -0.2) is 0 Å². The highest BCUT2D eigenvalue weighted by Crippen LogP contribution is 2.31. The van der Waals surface area contributed by atoms with Gasteiger partial charge in [-0.05, 0) is 34.9 Å². The van der Waals surface area contributed by atoms with Crippen LogP contribution in [0, 0.1) is 0 Å². The fourth-order valence-corrected chi connectivity index (χ4v) is 3.82. The smallest absolute Gasteiger partial charge is 0.293 e. The minimum absolute atomic E-state index is 0.0943. The third kappa shape index (κ3) is 5.10. The Bertz CT molecular complexity index is 881. The fourth-order valence-electron chi connectivity index (χ4n) is 2.95. The molecule has 6 heteroatoms. The number of carbonyl (C=O) groups excluding carboxylic acids is 3. The van der Waals surface area contributed by atoms with E-state index < -0.39 is 0 Å². The van der Waals surface area contributed by atoms with Crippen LogP contribution in [-0.2, 0) is 9.59 Å². The molecule has 5 nitrogen and oxygen atoms in total. The summed E-state index contributed by atoms with van der Waals surface area (Å²) in [5.74, 6) is -0.305. The molecule has 1 heterocycles. The summed E-state index contributed by atoms with van der Waals surface area (Å²) in [5.41, 5.74) is 1.98. The number of hydrogen-bond donors (Lipinski definition) is 1. The molecule has 1 unspecified atom stereocenters. The van der Waals surface area contributed by atoms with Crippen molar-refractivity contribution in [3.05, 3.63) is 76.7 Å². The molecule has 0 bridgehead atoms. The van der Waals surface area contributed by atoms with Gasteiger partial charge in [0.05, 0.1) is 4.91 Å². The Kier molecular flexibility index (Phi) is 6.66. The van der Waals surface area contributed by atoms with E-state index in [1.54, 1.807) is 6.08 Å². The molecule has 1 saturated heterocycles. The summed E-state index contributed by atoms with van der Waals surface area (Å²) in [4.78, 5) is 38.3. The number of nitrogens with one attached hydrogen (secondary N) is 1. The SMILES string of the molecule is CC(CC(=O)NCCN1C(=O)S/C(=C/c2ccccc2)C1=O)c1ccccc1. The first-order chi connectivity index (χ1) is 13.5. The average Bonchev–Trinajstić information content (AvgIpc) is 2.96. The van der Waals surface area contributed by atoms with Crippen LogP contribution in [0.25, 0.3) is 6.08 Å². The Hall–Kier alpha value is -2.86. The first kappa shape index (κ1) is 19.9. The van der Waals surface area contributed by atoms with E-state index in [0.717, 1.165) is 22.9 Å². The van der Waals surface area contributed by atoms with Gasteiger partial charge in [0.25, 0.3) is 11.1 Å². The van der Waals surface area contributed by atoms with Gasteiger partial charge in [0.2, 0.25) is 5.91 Å². The Morgan fingerprint density at radius 3 is 2.39 bits per heavy atom. The molecule has 0 radical (unpaired) electrons. The maximum Gasteiger partial charge on any atom is 0.293 e. The molecule has 144 valence electrons. The Balaban J connectivity index is 1.49. The fraction of sp³-hybridized carbons (Fsp3) is 0.227. The van der Waals surface area contributed by atoms with E-state index in [1.165, 1.54) is 4.90 Å². The van der Waals surface area contributed by atoms with Crippen LogP contribution in [0.4, 0.5) is 4.79 Å². The highest BCUT2D eigenvalue weighted by atomic mass is 32.2. The highest BCUT2D eigenvalue weighted by Gasteiger charge is 2.34. The van der Waals surface area contributed by atoms with E-state index >= 15 is 0 Å². The van der Waals surface area contributed by atoms with Gasteiger partial charge in [0.1, 0.15) is 0 Å². The Labute approximate surface area is 168 Å². The van der Waals surface area contributed by atoms with Gasteiger partial charge in [-0.3, -0.25) is 19.3 Å². The molecule has 0 aromatic heterocycles. The minimum atomic E-state index is -0.314. The van der Waals surface area contributed by atoms with Crippen molar-refractivity contribution >= 4 is 34.9 Å². The van der Waals surface area contributed by atoms with Gasteiger partial charge in [-0.1, -0.05) is 67.6 Å². The number of amides is 3. The molecular weight excluding hydrogens is 372 g/mol. The van der Waals surface area contributed by atoms with E-state index in [1.807, 2.05) is 67.6 Å². The van der Waals surface area contributed by atoms with Crippen LogP contribution in [0.3, 0.4) is 0 Å². The normalized spacial score (nSPS) is 16.5. The van der Waals surface area contributed by atoms with Crippen LogP contribution in [0.5, 0.6) is 0 Å². The van der Waals surface area contributed by atoms with E-state index in [4.69, 9.17) is 0 Å². The van der Waals surface area contributed by atoms with E-state index in [-0.39, 0.29) is 36.1 Å². The van der Waals surface area contributed by atoms with Crippen molar-refractivity contribution in [1.29, 1.82) is 0 Å². The van der Waals surface area contributed by atoms with Gasteiger partial charge in [0, 0.05) is 19.5 Å². The molecule has 0 spiro atoms. The molecule has 1 aliphatic rings.